The first kappa shape index (κ1) is 19.7. The van der Waals surface area contributed by atoms with Crippen LogP contribution in [0.3, 0.4) is 0 Å². The fraction of sp³-hybridized carbons (Fsp3) is 0.455. The molecule has 3 heteroatoms. The molecule has 0 aromatic heterocycles. The minimum atomic E-state index is -0.112. The van der Waals surface area contributed by atoms with Gasteiger partial charge in [0.2, 0.25) is 0 Å². The molecular weight excluding hydrogens is 328 g/mol. The Bertz CT molecular complexity index is 771. The molecule has 0 heterocycles. The molecule has 0 atom stereocenters. The van der Waals surface area contributed by atoms with Crippen LogP contribution in [0.1, 0.15) is 56.9 Å². The van der Waals surface area contributed by atoms with Crippen molar-refractivity contribution in [3.05, 3.63) is 46.5 Å². The largest absolute Gasteiger partial charge is 0.507 e. The van der Waals surface area contributed by atoms with Crippen molar-refractivity contribution >= 4 is 11.8 Å². The first-order valence-electron chi connectivity index (χ1n) is 8.83. The number of aryl methyl sites for hydroxylation is 2. The van der Waals surface area contributed by atoms with Gasteiger partial charge in [0.25, 0.3) is 0 Å². The van der Waals surface area contributed by atoms with Crippen LogP contribution in [0.15, 0.2) is 34.1 Å². The maximum Gasteiger partial charge on any atom is 0.122 e. The van der Waals surface area contributed by atoms with Crippen molar-refractivity contribution in [1.29, 1.82) is 0 Å². The number of hydrogen-bond acceptors (Lipinski definition) is 3. The van der Waals surface area contributed by atoms with Gasteiger partial charge in [-0.3, -0.25) is 0 Å². The monoisotopic (exact) mass is 358 g/mol. The summed E-state index contributed by atoms with van der Waals surface area (Å²) in [6.45, 7) is 14.6. The molecule has 2 nitrogen and oxygen atoms in total. The molecule has 2 aromatic rings. The Labute approximate surface area is 156 Å². The van der Waals surface area contributed by atoms with Crippen molar-refractivity contribution in [2.75, 3.05) is 0 Å². The quantitative estimate of drug-likeness (QED) is 0.668. The van der Waals surface area contributed by atoms with E-state index in [1.165, 1.54) is 0 Å². The lowest BCUT2D eigenvalue weighted by Crippen LogP contribution is -2.12. The van der Waals surface area contributed by atoms with E-state index in [2.05, 4.69) is 46.8 Å². The molecule has 2 rings (SSSR count). The lowest BCUT2D eigenvalue weighted by Gasteiger charge is -2.22. The molecule has 0 radical (unpaired) electrons. The summed E-state index contributed by atoms with van der Waals surface area (Å²) in [6.07, 6.45) is 0.864. The first-order valence-corrected chi connectivity index (χ1v) is 9.65. The van der Waals surface area contributed by atoms with Gasteiger partial charge < -0.3 is 10.2 Å². The Hall–Kier alpha value is -1.61. The average Bonchev–Trinajstić information content (AvgIpc) is 2.46. The maximum atomic E-state index is 10.4. The van der Waals surface area contributed by atoms with Crippen LogP contribution in [0.25, 0.3) is 0 Å². The zero-order valence-electron chi connectivity index (χ0n) is 16.4. The summed E-state index contributed by atoms with van der Waals surface area (Å²) < 4.78 is 0. The summed E-state index contributed by atoms with van der Waals surface area (Å²) in [5, 5.41) is 20.7. The smallest absolute Gasteiger partial charge is 0.122 e. The Morgan fingerprint density at radius 3 is 1.92 bits per heavy atom. The second-order valence-electron chi connectivity index (χ2n) is 8.33. The van der Waals surface area contributed by atoms with Crippen LogP contribution in [0.5, 0.6) is 11.5 Å². The number of hydrogen-bond donors (Lipinski definition) is 2. The average molecular weight is 359 g/mol. The van der Waals surface area contributed by atoms with Crippen LogP contribution in [0.2, 0.25) is 0 Å². The van der Waals surface area contributed by atoms with Gasteiger partial charge in [-0.2, -0.15) is 0 Å². The van der Waals surface area contributed by atoms with E-state index < -0.39 is 0 Å². The number of phenolic OH excluding ortho intramolecular Hbond substituents is 2. The zero-order chi connectivity index (χ0) is 18.9. The summed E-state index contributed by atoms with van der Waals surface area (Å²) in [7, 11) is 0. The highest BCUT2D eigenvalue weighted by molar-refractivity contribution is 7.99. The molecule has 2 aromatic carbocycles. The van der Waals surface area contributed by atoms with Crippen LogP contribution < -0.4 is 0 Å². The Morgan fingerprint density at radius 2 is 1.40 bits per heavy atom. The molecular formula is C22H30O2S. The molecule has 0 aliphatic carbocycles. The summed E-state index contributed by atoms with van der Waals surface area (Å²) in [4.78, 5) is 2.23. The standard InChI is InChI=1S/C22H30O2S/c1-13(2)8-16-11-17(9-14(3)20(16)23)25-18-10-15(4)21(24)19(12-18)22(5,6)7/h9-13,23-24H,8H2,1-7H3. The Kier molecular flexibility index (Phi) is 5.78. The highest BCUT2D eigenvalue weighted by Gasteiger charge is 2.20. The van der Waals surface area contributed by atoms with Gasteiger partial charge >= 0.3 is 0 Å². The molecule has 0 amide bonds. The van der Waals surface area contributed by atoms with Gasteiger partial charge in [0.1, 0.15) is 11.5 Å². The highest BCUT2D eigenvalue weighted by Crippen LogP contribution is 2.40. The molecule has 2 N–H and O–H groups in total. The fourth-order valence-corrected chi connectivity index (χ4v) is 4.11. The minimum Gasteiger partial charge on any atom is -0.507 e. The van der Waals surface area contributed by atoms with Crippen LogP contribution >= 0.6 is 11.8 Å². The third-order valence-corrected chi connectivity index (χ3v) is 5.24. The van der Waals surface area contributed by atoms with Gasteiger partial charge in [-0.25, -0.2) is 0 Å². The van der Waals surface area contributed by atoms with Gasteiger partial charge in [-0.15, -0.1) is 0 Å². The van der Waals surface area contributed by atoms with E-state index in [1.807, 2.05) is 26.0 Å². The molecule has 0 bridgehead atoms. The van der Waals surface area contributed by atoms with Gasteiger partial charge in [0.05, 0.1) is 0 Å². The SMILES string of the molecule is Cc1cc(Sc2cc(C)c(O)c(C(C)(C)C)c2)cc(CC(C)C)c1O. The van der Waals surface area contributed by atoms with Crippen LogP contribution in [-0.4, -0.2) is 10.2 Å². The molecule has 0 aliphatic heterocycles. The van der Waals surface area contributed by atoms with Crippen LogP contribution in [-0.2, 0) is 11.8 Å². The zero-order valence-corrected chi connectivity index (χ0v) is 17.2. The normalized spacial score (nSPS) is 12.0. The van der Waals surface area contributed by atoms with Gasteiger partial charge in [0.15, 0.2) is 0 Å². The topological polar surface area (TPSA) is 40.5 Å². The number of benzene rings is 2. The van der Waals surface area contributed by atoms with Crippen molar-refractivity contribution < 1.29 is 10.2 Å². The van der Waals surface area contributed by atoms with Crippen molar-refractivity contribution in [3.63, 3.8) is 0 Å². The van der Waals surface area contributed by atoms with Gasteiger partial charge in [-0.1, -0.05) is 46.4 Å². The number of aromatic hydroxyl groups is 2. The van der Waals surface area contributed by atoms with Crippen molar-refractivity contribution in [2.24, 2.45) is 5.92 Å². The van der Waals surface area contributed by atoms with Gasteiger partial charge in [-0.05, 0) is 72.6 Å². The molecule has 0 unspecified atom stereocenters. The molecule has 25 heavy (non-hydrogen) atoms. The van der Waals surface area contributed by atoms with E-state index in [1.54, 1.807) is 11.8 Å². The van der Waals surface area contributed by atoms with E-state index in [0.29, 0.717) is 17.4 Å². The van der Waals surface area contributed by atoms with Crippen LogP contribution in [0, 0.1) is 19.8 Å². The highest BCUT2D eigenvalue weighted by atomic mass is 32.2. The Balaban J connectivity index is 2.43. The second kappa shape index (κ2) is 7.33. The van der Waals surface area contributed by atoms with E-state index in [-0.39, 0.29) is 5.41 Å². The lowest BCUT2D eigenvalue weighted by atomic mass is 9.85. The molecule has 0 saturated carbocycles. The molecule has 0 spiro atoms. The summed E-state index contributed by atoms with van der Waals surface area (Å²) in [5.41, 5.74) is 3.66. The van der Waals surface area contributed by atoms with E-state index in [0.717, 1.165) is 38.5 Å². The summed E-state index contributed by atoms with van der Waals surface area (Å²) in [6, 6.07) is 8.23. The predicted molar refractivity (Wildman–Crippen MR) is 107 cm³/mol. The van der Waals surface area contributed by atoms with Crippen LogP contribution in [0.4, 0.5) is 0 Å². The second-order valence-corrected chi connectivity index (χ2v) is 9.48. The fourth-order valence-electron chi connectivity index (χ4n) is 2.98. The van der Waals surface area contributed by atoms with Gasteiger partial charge in [0, 0.05) is 15.4 Å². The summed E-state index contributed by atoms with van der Waals surface area (Å²) >= 11 is 1.68. The molecule has 0 aliphatic rings. The maximum absolute atomic E-state index is 10.4. The third kappa shape index (κ3) is 4.72. The first-order chi connectivity index (χ1) is 11.5. The molecule has 136 valence electrons. The number of rotatable bonds is 4. The van der Waals surface area contributed by atoms with E-state index in [9.17, 15) is 10.2 Å². The Morgan fingerprint density at radius 1 is 0.880 bits per heavy atom. The van der Waals surface area contributed by atoms with Crippen molar-refractivity contribution in [3.8, 4) is 11.5 Å². The van der Waals surface area contributed by atoms with E-state index >= 15 is 0 Å². The summed E-state index contributed by atoms with van der Waals surface area (Å²) in [5.74, 6) is 1.29. The lowest BCUT2D eigenvalue weighted by molar-refractivity contribution is 0.442. The van der Waals surface area contributed by atoms with Crippen molar-refractivity contribution in [1.82, 2.24) is 0 Å². The number of phenols is 2. The van der Waals surface area contributed by atoms with E-state index in [4.69, 9.17) is 0 Å². The molecule has 0 saturated heterocycles. The molecule has 0 fully saturated rings. The minimum absolute atomic E-state index is 0.112. The van der Waals surface area contributed by atoms with Crippen molar-refractivity contribution in [2.45, 2.75) is 70.1 Å². The predicted octanol–water partition coefficient (Wildman–Crippen LogP) is 6.36. The third-order valence-electron chi connectivity index (χ3n) is 4.30.